The summed E-state index contributed by atoms with van der Waals surface area (Å²) in [6.07, 6.45) is 1.05. The predicted molar refractivity (Wildman–Crippen MR) is 129 cm³/mol. The second-order valence-corrected chi connectivity index (χ2v) is 9.43. The Balaban J connectivity index is 1.55. The van der Waals surface area contributed by atoms with Crippen LogP contribution in [0.25, 0.3) is 11.1 Å². The zero-order valence-corrected chi connectivity index (χ0v) is 20.1. The Kier molecular flexibility index (Phi) is 7.83. The van der Waals surface area contributed by atoms with E-state index in [0.29, 0.717) is 38.7 Å². The van der Waals surface area contributed by atoms with Gasteiger partial charge in [-0.05, 0) is 48.3 Å². The number of hydrogen-bond donors (Lipinski definition) is 1. The number of amides is 1. The van der Waals surface area contributed by atoms with Crippen LogP contribution in [0.5, 0.6) is 0 Å². The molecule has 1 saturated heterocycles. The first-order chi connectivity index (χ1) is 17.2. The van der Waals surface area contributed by atoms with Gasteiger partial charge in [0.15, 0.2) is 0 Å². The van der Waals surface area contributed by atoms with E-state index >= 15 is 0 Å². The van der Waals surface area contributed by atoms with Gasteiger partial charge in [-0.1, -0.05) is 66.7 Å². The number of alkyl halides is 3. The van der Waals surface area contributed by atoms with Crippen molar-refractivity contribution in [3.05, 3.63) is 72.3 Å². The molecule has 36 heavy (non-hydrogen) atoms. The van der Waals surface area contributed by atoms with Gasteiger partial charge in [-0.3, -0.25) is 9.59 Å². The van der Waals surface area contributed by atoms with Crippen LogP contribution in [0.3, 0.4) is 0 Å². The Labute approximate surface area is 208 Å². The minimum Gasteiger partial charge on any atom is -0.469 e. The molecular formula is C28H30F3NO4. The maximum absolute atomic E-state index is 13.1. The summed E-state index contributed by atoms with van der Waals surface area (Å²) in [5.41, 5.74) is 2.63. The first-order valence-corrected chi connectivity index (χ1v) is 12.1. The topological polar surface area (TPSA) is 64.6 Å². The molecule has 0 aromatic heterocycles. The molecule has 1 aliphatic heterocycles. The van der Waals surface area contributed by atoms with Gasteiger partial charge in [-0.25, -0.2) is 0 Å². The van der Waals surface area contributed by atoms with Gasteiger partial charge in [0.2, 0.25) is 0 Å². The molecule has 0 spiro atoms. The average molecular weight is 502 g/mol. The Morgan fingerprint density at radius 3 is 2.44 bits per heavy atom. The number of allylic oxidation sites excluding steroid dienone is 2. The third kappa shape index (κ3) is 5.48. The molecule has 1 heterocycles. The van der Waals surface area contributed by atoms with E-state index in [0.717, 1.165) is 16.7 Å². The molecule has 0 unspecified atom stereocenters. The Bertz CT molecular complexity index is 1080. The van der Waals surface area contributed by atoms with Crippen LogP contribution >= 0.6 is 0 Å². The molecule has 4 rings (SSSR count). The van der Waals surface area contributed by atoms with Gasteiger partial charge in [-0.15, -0.1) is 0 Å². The molecule has 2 aromatic carbocycles. The number of nitrogens with one attached hydrogen (secondary N) is 1. The van der Waals surface area contributed by atoms with Gasteiger partial charge in [-0.2, -0.15) is 13.2 Å². The lowest BCUT2D eigenvalue weighted by Gasteiger charge is -2.39. The number of methoxy groups -OCH3 is 1. The molecule has 0 radical (unpaired) electrons. The lowest BCUT2D eigenvalue weighted by Crippen LogP contribution is -2.54. The minimum atomic E-state index is -4.96. The lowest BCUT2D eigenvalue weighted by molar-refractivity contribution is -0.176. The van der Waals surface area contributed by atoms with Crippen LogP contribution in [0.4, 0.5) is 13.2 Å². The number of carbonyl (C=O) groups excluding carboxylic acids is 2. The molecule has 2 aliphatic rings. The second kappa shape index (κ2) is 10.9. The normalized spacial score (nSPS) is 25.3. The number of benzene rings is 2. The standard InChI is InChI=1S/C28H30F3NO4/c1-35-24(33)12-8-3-2-7-11-22-25(32-26(34)28(29,30)31)23-17-27(22,18-36-23)21-15-13-20(14-16-21)19-9-5-4-6-10-19/h2,4-7,9-10,13-16,22-23,25H,3,8,11-12,17-18H2,1H3,(H,32,34)/b7-2-/t22-,23-,25-,27-/m0/s1. The molecule has 192 valence electrons. The van der Waals surface area contributed by atoms with E-state index in [9.17, 15) is 22.8 Å². The minimum absolute atomic E-state index is 0.262. The maximum atomic E-state index is 13.1. The lowest BCUT2D eigenvalue weighted by atomic mass is 9.70. The molecular weight excluding hydrogens is 471 g/mol. The zero-order valence-electron chi connectivity index (χ0n) is 20.1. The van der Waals surface area contributed by atoms with Gasteiger partial charge in [0.1, 0.15) is 0 Å². The monoisotopic (exact) mass is 501 g/mol. The molecule has 1 aliphatic carbocycles. The highest BCUT2D eigenvalue weighted by Crippen LogP contribution is 2.54. The van der Waals surface area contributed by atoms with Gasteiger partial charge in [0, 0.05) is 11.8 Å². The van der Waals surface area contributed by atoms with Crippen LogP contribution in [0.1, 0.15) is 37.7 Å². The van der Waals surface area contributed by atoms with E-state index in [1.54, 1.807) is 0 Å². The van der Waals surface area contributed by atoms with Crippen molar-refractivity contribution >= 4 is 11.9 Å². The number of esters is 1. The number of unbranched alkanes of at least 4 members (excludes halogenated alkanes) is 1. The molecule has 2 bridgehead atoms. The largest absolute Gasteiger partial charge is 0.471 e. The molecule has 2 aromatic rings. The third-order valence-electron chi connectivity index (χ3n) is 7.32. The van der Waals surface area contributed by atoms with Gasteiger partial charge >= 0.3 is 18.1 Å². The number of carbonyl (C=O) groups is 2. The molecule has 1 N–H and O–H groups in total. The van der Waals surface area contributed by atoms with E-state index in [2.05, 4.69) is 10.1 Å². The first-order valence-electron chi connectivity index (χ1n) is 12.1. The smallest absolute Gasteiger partial charge is 0.469 e. The SMILES string of the molecule is COC(=O)CCC/C=C\C[C@H]1[C@H](NC(=O)C(F)(F)F)[C@@H]2C[C@@]1(c1ccc(-c3ccccc3)cc1)CO2. The highest BCUT2D eigenvalue weighted by molar-refractivity contribution is 5.82. The Morgan fingerprint density at radius 2 is 1.78 bits per heavy atom. The molecule has 5 nitrogen and oxygen atoms in total. The molecule has 2 fully saturated rings. The summed E-state index contributed by atoms with van der Waals surface area (Å²) in [7, 11) is 1.34. The third-order valence-corrected chi connectivity index (χ3v) is 7.32. The van der Waals surface area contributed by atoms with Crippen molar-refractivity contribution in [3.8, 4) is 11.1 Å². The fourth-order valence-corrected chi connectivity index (χ4v) is 5.49. The summed E-state index contributed by atoms with van der Waals surface area (Å²) in [4.78, 5) is 23.1. The summed E-state index contributed by atoms with van der Waals surface area (Å²) in [5.74, 6) is -2.48. The molecule has 1 saturated carbocycles. The van der Waals surface area contributed by atoms with Crippen molar-refractivity contribution in [2.75, 3.05) is 13.7 Å². The van der Waals surface area contributed by atoms with Crippen molar-refractivity contribution in [3.63, 3.8) is 0 Å². The van der Waals surface area contributed by atoms with Crippen LogP contribution in [-0.2, 0) is 24.5 Å². The number of hydrogen-bond acceptors (Lipinski definition) is 4. The van der Waals surface area contributed by atoms with Crippen LogP contribution < -0.4 is 5.32 Å². The Morgan fingerprint density at radius 1 is 1.08 bits per heavy atom. The highest BCUT2D eigenvalue weighted by Gasteiger charge is 2.60. The fourth-order valence-electron chi connectivity index (χ4n) is 5.49. The van der Waals surface area contributed by atoms with Crippen molar-refractivity contribution in [2.45, 2.75) is 55.8 Å². The molecule has 8 heteroatoms. The Hall–Kier alpha value is -3.13. The fraction of sp³-hybridized carbons (Fsp3) is 0.429. The van der Waals surface area contributed by atoms with Crippen LogP contribution in [0.15, 0.2) is 66.7 Å². The average Bonchev–Trinajstić information content (AvgIpc) is 3.44. The number of fused-ring (bicyclic) bond motifs is 2. The molecule has 4 atom stereocenters. The highest BCUT2D eigenvalue weighted by atomic mass is 19.4. The van der Waals surface area contributed by atoms with Crippen molar-refractivity contribution in [1.82, 2.24) is 5.32 Å². The van der Waals surface area contributed by atoms with E-state index in [4.69, 9.17) is 4.74 Å². The number of ether oxygens (including phenoxy) is 2. The first kappa shape index (κ1) is 25.9. The van der Waals surface area contributed by atoms with E-state index < -0.39 is 29.6 Å². The summed E-state index contributed by atoms with van der Waals surface area (Å²) >= 11 is 0. The predicted octanol–water partition coefficient (Wildman–Crippen LogP) is 5.35. The quantitative estimate of drug-likeness (QED) is 0.286. The summed E-state index contributed by atoms with van der Waals surface area (Å²) in [6.45, 7) is 0.390. The summed E-state index contributed by atoms with van der Waals surface area (Å²) < 4.78 is 49.8. The van der Waals surface area contributed by atoms with Gasteiger partial charge < -0.3 is 14.8 Å². The summed E-state index contributed by atoms with van der Waals surface area (Å²) in [6, 6.07) is 17.3. The maximum Gasteiger partial charge on any atom is 0.471 e. The van der Waals surface area contributed by atoms with E-state index in [1.165, 1.54) is 7.11 Å². The zero-order chi connectivity index (χ0) is 25.8. The van der Waals surface area contributed by atoms with E-state index in [-0.39, 0.29) is 11.9 Å². The molecule has 1 amide bonds. The van der Waals surface area contributed by atoms with Gasteiger partial charge in [0.05, 0.1) is 25.9 Å². The van der Waals surface area contributed by atoms with Crippen molar-refractivity contribution in [2.24, 2.45) is 5.92 Å². The van der Waals surface area contributed by atoms with Crippen LogP contribution in [0, 0.1) is 5.92 Å². The van der Waals surface area contributed by atoms with Crippen molar-refractivity contribution < 1.29 is 32.2 Å². The van der Waals surface area contributed by atoms with Crippen LogP contribution in [0.2, 0.25) is 0 Å². The summed E-state index contributed by atoms with van der Waals surface area (Å²) in [5, 5.41) is 2.22. The number of halogens is 3. The van der Waals surface area contributed by atoms with Gasteiger partial charge in [0.25, 0.3) is 0 Å². The van der Waals surface area contributed by atoms with Crippen molar-refractivity contribution in [1.29, 1.82) is 0 Å². The number of rotatable bonds is 9. The van der Waals surface area contributed by atoms with E-state index in [1.807, 2.05) is 66.7 Å². The second-order valence-electron chi connectivity index (χ2n) is 9.43. The van der Waals surface area contributed by atoms with Crippen LogP contribution in [-0.4, -0.2) is 43.9 Å².